The van der Waals surface area contributed by atoms with E-state index in [2.05, 4.69) is 0 Å². The second-order valence-electron chi connectivity index (χ2n) is 7.61. The first-order valence-corrected chi connectivity index (χ1v) is 10.1. The zero-order valence-corrected chi connectivity index (χ0v) is 17.6. The van der Waals surface area contributed by atoms with Crippen LogP contribution in [0.25, 0.3) is 5.57 Å². The molecule has 158 valence electrons. The van der Waals surface area contributed by atoms with E-state index in [0.717, 1.165) is 5.56 Å². The maximum Gasteiger partial charge on any atom is 0.277 e. The lowest BCUT2D eigenvalue weighted by Crippen LogP contribution is -2.35. The Morgan fingerprint density at radius 2 is 1.67 bits per heavy atom. The summed E-state index contributed by atoms with van der Waals surface area (Å²) in [5, 5.41) is 0. The lowest BCUT2D eigenvalue weighted by Gasteiger charge is -2.21. The van der Waals surface area contributed by atoms with Crippen molar-refractivity contribution in [3.63, 3.8) is 0 Å². The number of rotatable bonds is 9. The Morgan fingerprint density at radius 3 is 2.30 bits per heavy atom. The fraction of sp³-hybridized carbons (Fsp3) is 0.333. The Morgan fingerprint density at radius 1 is 1.00 bits per heavy atom. The van der Waals surface area contributed by atoms with Crippen molar-refractivity contribution in [2.75, 3.05) is 20.2 Å². The molecule has 0 radical (unpaired) electrons. The van der Waals surface area contributed by atoms with Crippen molar-refractivity contribution in [2.45, 2.75) is 32.9 Å². The molecule has 2 amide bonds. The molecule has 0 saturated heterocycles. The molecule has 0 saturated carbocycles. The van der Waals surface area contributed by atoms with Gasteiger partial charge in [-0.2, -0.15) is 0 Å². The largest absolute Gasteiger partial charge is 0.379 e. The summed E-state index contributed by atoms with van der Waals surface area (Å²) >= 11 is 0. The van der Waals surface area contributed by atoms with E-state index in [9.17, 15) is 14.0 Å². The molecule has 0 fully saturated rings. The van der Waals surface area contributed by atoms with E-state index in [1.165, 1.54) is 29.2 Å². The number of halogens is 1. The first-order valence-electron chi connectivity index (χ1n) is 10.1. The summed E-state index contributed by atoms with van der Waals surface area (Å²) in [6.45, 7) is 5.10. The zero-order chi connectivity index (χ0) is 21.7. The highest BCUT2D eigenvalue weighted by Crippen LogP contribution is 2.32. The van der Waals surface area contributed by atoms with Gasteiger partial charge in [0.05, 0.1) is 11.7 Å². The topological polar surface area (TPSA) is 49.9 Å². The smallest absolute Gasteiger partial charge is 0.277 e. The van der Waals surface area contributed by atoms with Gasteiger partial charge in [-0.1, -0.05) is 42.5 Å². The van der Waals surface area contributed by atoms with E-state index in [-0.39, 0.29) is 24.5 Å². The first-order chi connectivity index (χ1) is 14.4. The average Bonchev–Trinajstić information content (AvgIpc) is 2.97. The van der Waals surface area contributed by atoms with Crippen LogP contribution in [0.2, 0.25) is 0 Å². The third kappa shape index (κ3) is 4.94. The molecule has 1 aliphatic rings. The van der Waals surface area contributed by atoms with E-state index in [4.69, 9.17) is 4.74 Å². The minimum absolute atomic E-state index is 0.0930. The minimum Gasteiger partial charge on any atom is -0.379 e. The van der Waals surface area contributed by atoms with Crippen molar-refractivity contribution >= 4 is 17.4 Å². The lowest BCUT2D eigenvalue weighted by atomic mass is 10.0. The number of hydrogen-bond acceptors (Lipinski definition) is 4. The van der Waals surface area contributed by atoms with Gasteiger partial charge in [0, 0.05) is 26.7 Å². The van der Waals surface area contributed by atoms with Crippen LogP contribution >= 0.6 is 0 Å². The number of carbonyl (C=O) groups excluding carboxylic acids is 2. The molecule has 0 spiro atoms. The fourth-order valence-corrected chi connectivity index (χ4v) is 3.48. The van der Waals surface area contributed by atoms with E-state index >= 15 is 0 Å². The Labute approximate surface area is 176 Å². The van der Waals surface area contributed by atoms with Crippen molar-refractivity contribution in [3.05, 3.63) is 77.2 Å². The van der Waals surface area contributed by atoms with Gasteiger partial charge in [0.15, 0.2) is 0 Å². The lowest BCUT2D eigenvalue weighted by molar-refractivity contribution is -0.137. The standard InChI is InChI=1S/C24H27FN2O3/c1-17(2)30-15-7-14-27-23(28)21(19-10-12-20(25)13-11-19)22(24(27)29)26(3)16-18-8-5-4-6-9-18/h4-6,8-13,17H,7,14-16H2,1-3H3. The van der Waals surface area contributed by atoms with E-state index in [0.29, 0.717) is 36.4 Å². The van der Waals surface area contributed by atoms with Crippen molar-refractivity contribution in [3.8, 4) is 0 Å². The molecule has 3 rings (SSSR count). The number of benzene rings is 2. The molecule has 1 heterocycles. The Bertz CT molecular complexity index is 923. The molecule has 0 aliphatic carbocycles. The molecule has 30 heavy (non-hydrogen) atoms. The Kier molecular flexibility index (Phi) is 7.00. The highest BCUT2D eigenvalue weighted by Gasteiger charge is 2.40. The zero-order valence-electron chi connectivity index (χ0n) is 17.6. The summed E-state index contributed by atoms with van der Waals surface area (Å²) < 4.78 is 19.0. The van der Waals surface area contributed by atoms with Crippen LogP contribution in [0.3, 0.4) is 0 Å². The summed E-state index contributed by atoms with van der Waals surface area (Å²) in [6, 6.07) is 15.4. The number of amides is 2. The fourth-order valence-electron chi connectivity index (χ4n) is 3.48. The summed E-state index contributed by atoms with van der Waals surface area (Å²) in [5.74, 6) is -1.08. The van der Waals surface area contributed by atoms with Gasteiger partial charge >= 0.3 is 0 Å². The van der Waals surface area contributed by atoms with Gasteiger partial charge in [-0.05, 0) is 43.5 Å². The Balaban J connectivity index is 1.88. The molecule has 0 aromatic heterocycles. The van der Waals surface area contributed by atoms with Crippen molar-refractivity contribution in [1.82, 2.24) is 9.80 Å². The molecule has 0 bridgehead atoms. The maximum atomic E-state index is 13.4. The Hall–Kier alpha value is -2.99. The molecule has 2 aromatic rings. The maximum absolute atomic E-state index is 13.4. The third-order valence-electron chi connectivity index (χ3n) is 4.90. The number of likely N-dealkylation sites (N-methyl/N-ethyl adjacent to an activating group) is 1. The van der Waals surface area contributed by atoms with E-state index in [1.807, 2.05) is 44.2 Å². The van der Waals surface area contributed by atoms with Gasteiger partial charge in [-0.25, -0.2) is 4.39 Å². The van der Waals surface area contributed by atoms with Crippen LogP contribution in [0.5, 0.6) is 0 Å². The van der Waals surface area contributed by atoms with E-state index < -0.39 is 5.82 Å². The summed E-state index contributed by atoms with van der Waals surface area (Å²) in [6.07, 6.45) is 0.651. The molecule has 0 atom stereocenters. The third-order valence-corrected chi connectivity index (χ3v) is 4.90. The molecule has 0 N–H and O–H groups in total. The van der Waals surface area contributed by atoms with Gasteiger partial charge in [-0.3, -0.25) is 14.5 Å². The molecule has 1 aliphatic heterocycles. The van der Waals surface area contributed by atoms with Gasteiger partial charge in [-0.15, -0.1) is 0 Å². The highest BCUT2D eigenvalue weighted by molar-refractivity contribution is 6.35. The van der Waals surface area contributed by atoms with Gasteiger partial charge in [0.1, 0.15) is 11.5 Å². The number of hydrogen-bond donors (Lipinski definition) is 0. The van der Waals surface area contributed by atoms with Gasteiger partial charge in [0.25, 0.3) is 11.8 Å². The monoisotopic (exact) mass is 410 g/mol. The first kappa shape index (κ1) is 21.7. The second kappa shape index (κ2) is 9.67. The van der Waals surface area contributed by atoms with Crippen molar-refractivity contribution in [2.24, 2.45) is 0 Å². The van der Waals surface area contributed by atoms with Gasteiger partial charge in [0.2, 0.25) is 0 Å². The number of carbonyl (C=O) groups is 2. The minimum atomic E-state index is -0.391. The van der Waals surface area contributed by atoms with Crippen LogP contribution in [0, 0.1) is 5.82 Å². The van der Waals surface area contributed by atoms with Crippen LogP contribution in [0.4, 0.5) is 4.39 Å². The molecule has 6 heteroatoms. The predicted molar refractivity (Wildman–Crippen MR) is 114 cm³/mol. The normalized spacial score (nSPS) is 14.2. The predicted octanol–water partition coefficient (Wildman–Crippen LogP) is 3.85. The molecular formula is C24H27FN2O3. The molecule has 5 nitrogen and oxygen atoms in total. The quantitative estimate of drug-likeness (QED) is 0.465. The van der Waals surface area contributed by atoms with Crippen molar-refractivity contribution in [1.29, 1.82) is 0 Å². The highest BCUT2D eigenvalue weighted by atomic mass is 19.1. The van der Waals surface area contributed by atoms with Gasteiger partial charge < -0.3 is 9.64 Å². The number of imide groups is 1. The summed E-state index contributed by atoms with van der Waals surface area (Å²) in [7, 11) is 1.79. The number of nitrogens with zero attached hydrogens (tertiary/aromatic N) is 2. The SMILES string of the molecule is CC(C)OCCCN1C(=O)C(c2ccc(F)cc2)=C(N(C)Cc2ccccc2)C1=O. The van der Waals surface area contributed by atoms with E-state index in [1.54, 1.807) is 11.9 Å². The van der Waals surface area contributed by atoms with Crippen LogP contribution < -0.4 is 0 Å². The number of ether oxygens (including phenoxy) is 1. The second-order valence-corrected chi connectivity index (χ2v) is 7.61. The molecule has 2 aromatic carbocycles. The van der Waals surface area contributed by atoms with Crippen molar-refractivity contribution < 1.29 is 18.7 Å². The summed E-state index contributed by atoms with van der Waals surface area (Å²) in [5.41, 5.74) is 2.20. The molecule has 0 unspecified atom stereocenters. The van der Waals surface area contributed by atoms with Crippen LogP contribution in [-0.4, -0.2) is 47.9 Å². The van der Waals surface area contributed by atoms with Crippen LogP contribution in [0.1, 0.15) is 31.4 Å². The average molecular weight is 410 g/mol. The molecular weight excluding hydrogens is 383 g/mol. The van der Waals surface area contributed by atoms with Crippen LogP contribution in [0.15, 0.2) is 60.3 Å². The summed E-state index contributed by atoms with van der Waals surface area (Å²) in [4.78, 5) is 29.5. The van der Waals surface area contributed by atoms with Crippen LogP contribution in [-0.2, 0) is 20.9 Å².